The number of benzene rings is 1. The van der Waals surface area contributed by atoms with Crippen LogP contribution in [-0.4, -0.2) is 49.3 Å². The molecule has 1 amide bonds. The summed E-state index contributed by atoms with van der Waals surface area (Å²) in [5, 5.41) is 0. The second-order valence-electron chi connectivity index (χ2n) is 5.88. The molecule has 3 rings (SSSR count). The lowest BCUT2D eigenvalue weighted by Crippen LogP contribution is -2.34. The Labute approximate surface area is 175 Å². The first kappa shape index (κ1) is 24.5. The molecule has 7 nitrogen and oxygen atoms in total. The van der Waals surface area contributed by atoms with Gasteiger partial charge in [0.15, 0.2) is 0 Å². The molecule has 1 N–H and O–H groups in total. The highest BCUT2D eigenvalue weighted by Gasteiger charge is 2.22. The number of imidazole rings is 1. The molecule has 0 fully saturated rings. The van der Waals surface area contributed by atoms with E-state index in [0.717, 1.165) is 35.9 Å². The third-order valence-electron chi connectivity index (χ3n) is 4.27. The van der Waals surface area contributed by atoms with Crippen molar-refractivity contribution in [3.05, 3.63) is 36.4 Å². The Morgan fingerprint density at radius 2 is 2.07 bits per heavy atom. The highest BCUT2D eigenvalue weighted by molar-refractivity contribution is 5.94. The molecule has 2 heterocycles. The minimum atomic E-state index is 0.0566. The summed E-state index contributed by atoms with van der Waals surface area (Å²) in [6, 6.07) is 5.90. The predicted molar refractivity (Wildman–Crippen MR) is 119 cm³/mol. The molecule has 29 heavy (non-hydrogen) atoms. The molecular weight excluding hydrogens is 368 g/mol. The zero-order valence-electron chi connectivity index (χ0n) is 18.7. The molecule has 1 aromatic carbocycles. The fourth-order valence-electron chi connectivity index (χ4n) is 3.00. The Balaban J connectivity index is 0.000000989. The summed E-state index contributed by atoms with van der Waals surface area (Å²) in [5.41, 5.74) is 2.92. The third-order valence-corrected chi connectivity index (χ3v) is 4.27. The topological polar surface area (TPSA) is 70.7 Å². The standard InChI is InChI=1S/C18H24N4O3.2C2H6/c1-3-22(18(23)6-8-24-2)15-4-5-17-16(10-15)21(7-9-25-17)12-14-11-19-13-20-14;2*1-2/h4-5,10-11,13H,3,6-9,12H2,1-2H3,(H,19,20);2*1-2H3. The van der Waals surface area contributed by atoms with Crippen molar-refractivity contribution in [3.8, 4) is 5.75 Å². The molecule has 0 saturated carbocycles. The average molecular weight is 405 g/mol. The van der Waals surface area contributed by atoms with E-state index in [-0.39, 0.29) is 5.91 Å². The van der Waals surface area contributed by atoms with Gasteiger partial charge >= 0.3 is 0 Å². The number of aromatic amines is 1. The van der Waals surface area contributed by atoms with Crippen molar-refractivity contribution in [2.24, 2.45) is 0 Å². The summed E-state index contributed by atoms with van der Waals surface area (Å²) in [6.07, 6.45) is 3.88. The second-order valence-corrected chi connectivity index (χ2v) is 5.88. The van der Waals surface area contributed by atoms with Crippen LogP contribution in [0, 0.1) is 0 Å². The zero-order valence-corrected chi connectivity index (χ0v) is 18.7. The smallest absolute Gasteiger partial charge is 0.229 e. The number of hydrogen-bond donors (Lipinski definition) is 1. The van der Waals surface area contributed by atoms with Gasteiger partial charge in [-0.1, -0.05) is 27.7 Å². The molecule has 0 unspecified atom stereocenters. The van der Waals surface area contributed by atoms with Crippen LogP contribution in [0.25, 0.3) is 0 Å². The van der Waals surface area contributed by atoms with Crippen LogP contribution in [0.15, 0.2) is 30.7 Å². The van der Waals surface area contributed by atoms with Crippen LogP contribution in [0.2, 0.25) is 0 Å². The van der Waals surface area contributed by atoms with E-state index in [2.05, 4.69) is 14.9 Å². The number of nitrogens with zero attached hydrogens (tertiary/aromatic N) is 3. The number of H-pyrrole nitrogens is 1. The van der Waals surface area contributed by atoms with Gasteiger partial charge in [0.25, 0.3) is 0 Å². The molecule has 2 aromatic rings. The Kier molecular flexibility index (Phi) is 11.5. The number of aromatic nitrogens is 2. The molecule has 0 bridgehead atoms. The molecule has 7 heteroatoms. The summed E-state index contributed by atoms with van der Waals surface area (Å²) in [6.45, 7) is 13.2. The maximum atomic E-state index is 12.4. The number of amides is 1. The second kappa shape index (κ2) is 13.6. The monoisotopic (exact) mass is 404 g/mol. The maximum Gasteiger partial charge on any atom is 0.229 e. The van der Waals surface area contributed by atoms with Crippen molar-refractivity contribution in [3.63, 3.8) is 0 Å². The number of fused-ring (bicyclic) bond motifs is 1. The van der Waals surface area contributed by atoms with E-state index in [1.54, 1.807) is 18.3 Å². The van der Waals surface area contributed by atoms with Crippen LogP contribution >= 0.6 is 0 Å². The average Bonchev–Trinajstić information content (AvgIpc) is 3.29. The predicted octanol–water partition coefficient (Wildman–Crippen LogP) is 4.25. The quantitative estimate of drug-likeness (QED) is 0.747. The Morgan fingerprint density at radius 3 is 2.69 bits per heavy atom. The number of nitrogens with one attached hydrogen (secondary N) is 1. The van der Waals surface area contributed by atoms with E-state index in [1.165, 1.54) is 0 Å². The first-order valence-electron chi connectivity index (χ1n) is 10.5. The van der Waals surface area contributed by atoms with Gasteiger partial charge in [-0.2, -0.15) is 0 Å². The summed E-state index contributed by atoms with van der Waals surface area (Å²) < 4.78 is 10.8. The van der Waals surface area contributed by atoms with E-state index < -0.39 is 0 Å². The summed E-state index contributed by atoms with van der Waals surface area (Å²) in [4.78, 5) is 23.7. The van der Waals surface area contributed by atoms with Gasteiger partial charge in [-0.05, 0) is 25.1 Å². The molecule has 0 saturated heterocycles. The number of rotatable bonds is 7. The SMILES string of the molecule is CC.CC.CCN(C(=O)CCOC)c1ccc2c(c1)N(Cc1cnc[nH]1)CCO2. The highest BCUT2D eigenvalue weighted by Crippen LogP contribution is 2.36. The van der Waals surface area contributed by atoms with Crippen molar-refractivity contribution in [1.29, 1.82) is 0 Å². The molecule has 0 aliphatic carbocycles. The van der Waals surface area contributed by atoms with Gasteiger partial charge in [0.2, 0.25) is 5.91 Å². The number of anilines is 2. The lowest BCUT2D eigenvalue weighted by Gasteiger charge is -2.32. The minimum absolute atomic E-state index is 0.0566. The fourth-order valence-corrected chi connectivity index (χ4v) is 3.00. The van der Waals surface area contributed by atoms with Crippen molar-refractivity contribution in [1.82, 2.24) is 9.97 Å². The van der Waals surface area contributed by atoms with Gasteiger partial charge in [-0.15, -0.1) is 0 Å². The molecule has 1 aliphatic heterocycles. The van der Waals surface area contributed by atoms with Crippen LogP contribution in [0.4, 0.5) is 11.4 Å². The van der Waals surface area contributed by atoms with E-state index in [1.807, 2.05) is 59.0 Å². The first-order valence-corrected chi connectivity index (χ1v) is 10.5. The van der Waals surface area contributed by atoms with Crippen molar-refractivity contribution in [2.45, 2.75) is 47.6 Å². The first-order chi connectivity index (χ1) is 14.2. The molecule has 1 aliphatic rings. The van der Waals surface area contributed by atoms with Crippen molar-refractivity contribution in [2.75, 3.05) is 43.2 Å². The summed E-state index contributed by atoms with van der Waals surface area (Å²) in [5.74, 6) is 0.899. The zero-order chi connectivity index (χ0) is 21.6. The molecule has 0 radical (unpaired) electrons. The number of ether oxygens (including phenoxy) is 2. The summed E-state index contributed by atoms with van der Waals surface area (Å²) >= 11 is 0. The number of hydrogen-bond acceptors (Lipinski definition) is 5. The van der Waals surface area contributed by atoms with Gasteiger partial charge in [0, 0.05) is 25.5 Å². The van der Waals surface area contributed by atoms with Crippen LogP contribution in [0.5, 0.6) is 5.75 Å². The maximum absolute atomic E-state index is 12.4. The Bertz CT molecular complexity index is 704. The normalized spacial score (nSPS) is 11.9. The molecule has 0 spiro atoms. The van der Waals surface area contributed by atoms with Crippen LogP contribution < -0.4 is 14.5 Å². The molecular formula is C22H36N4O3. The number of methoxy groups -OCH3 is 1. The van der Waals surface area contributed by atoms with Gasteiger partial charge in [-0.25, -0.2) is 4.98 Å². The number of carbonyl (C=O) groups is 1. The molecule has 1 aromatic heterocycles. The van der Waals surface area contributed by atoms with Crippen molar-refractivity contribution < 1.29 is 14.3 Å². The Morgan fingerprint density at radius 1 is 1.31 bits per heavy atom. The third kappa shape index (κ3) is 6.78. The van der Waals surface area contributed by atoms with Gasteiger partial charge in [0.05, 0.1) is 43.8 Å². The molecule has 162 valence electrons. The van der Waals surface area contributed by atoms with Crippen LogP contribution in [-0.2, 0) is 16.1 Å². The summed E-state index contributed by atoms with van der Waals surface area (Å²) in [7, 11) is 1.60. The van der Waals surface area contributed by atoms with E-state index in [9.17, 15) is 4.79 Å². The van der Waals surface area contributed by atoms with Gasteiger partial charge < -0.3 is 24.3 Å². The largest absolute Gasteiger partial charge is 0.490 e. The van der Waals surface area contributed by atoms with Crippen LogP contribution in [0.3, 0.4) is 0 Å². The van der Waals surface area contributed by atoms with Crippen molar-refractivity contribution >= 4 is 17.3 Å². The van der Waals surface area contributed by atoms with Gasteiger partial charge in [0.1, 0.15) is 12.4 Å². The number of carbonyl (C=O) groups excluding carboxylic acids is 1. The van der Waals surface area contributed by atoms with E-state index >= 15 is 0 Å². The lowest BCUT2D eigenvalue weighted by atomic mass is 10.2. The Hall–Kier alpha value is -2.54. The fraction of sp³-hybridized carbons (Fsp3) is 0.545. The minimum Gasteiger partial charge on any atom is -0.490 e. The lowest BCUT2D eigenvalue weighted by molar-refractivity contribution is -0.119. The van der Waals surface area contributed by atoms with Gasteiger partial charge in [-0.3, -0.25) is 4.79 Å². The van der Waals surface area contributed by atoms with E-state index in [0.29, 0.717) is 26.2 Å². The van der Waals surface area contributed by atoms with E-state index in [4.69, 9.17) is 9.47 Å². The van der Waals surface area contributed by atoms with Crippen LogP contribution in [0.1, 0.15) is 46.7 Å². The highest BCUT2D eigenvalue weighted by atomic mass is 16.5. The molecule has 0 atom stereocenters.